The van der Waals surface area contributed by atoms with Gasteiger partial charge in [-0.05, 0) is 18.4 Å². The number of rotatable bonds is 8. The van der Waals surface area contributed by atoms with Crippen LogP contribution in [-0.4, -0.2) is 35.6 Å². The van der Waals surface area contributed by atoms with Crippen molar-refractivity contribution in [3.05, 3.63) is 35.9 Å². The summed E-state index contributed by atoms with van der Waals surface area (Å²) in [4.78, 5) is 24.6. The largest absolute Gasteiger partial charge is 0.481 e. The molecule has 0 heterocycles. The first-order chi connectivity index (χ1) is 10.0. The van der Waals surface area contributed by atoms with Crippen molar-refractivity contribution in [2.75, 3.05) is 13.6 Å². The summed E-state index contributed by atoms with van der Waals surface area (Å²) in [5.41, 5.74) is 0.927. The Balaban J connectivity index is 2.68. The van der Waals surface area contributed by atoms with Gasteiger partial charge in [0.1, 0.15) is 0 Å². The highest BCUT2D eigenvalue weighted by Crippen LogP contribution is 2.18. The van der Waals surface area contributed by atoms with E-state index >= 15 is 0 Å². The second kappa shape index (κ2) is 9.00. The van der Waals surface area contributed by atoms with E-state index in [1.807, 2.05) is 30.3 Å². The lowest BCUT2D eigenvalue weighted by Gasteiger charge is -2.23. The molecule has 0 aliphatic carbocycles. The second-order valence-corrected chi connectivity index (χ2v) is 5.12. The van der Waals surface area contributed by atoms with Gasteiger partial charge in [-0.2, -0.15) is 0 Å². The van der Waals surface area contributed by atoms with Crippen molar-refractivity contribution < 1.29 is 14.7 Å². The molecule has 1 aromatic carbocycles. The Kier molecular flexibility index (Phi) is 7.29. The average molecular weight is 292 g/mol. The van der Waals surface area contributed by atoms with Crippen LogP contribution in [0.5, 0.6) is 0 Å². The van der Waals surface area contributed by atoms with Gasteiger partial charge >= 0.3 is 12.0 Å². The summed E-state index contributed by atoms with van der Waals surface area (Å²) in [6, 6.07) is 9.03. The number of carboxylic acid groups (broad SMARTS) is 1. The van der Waals surface area contributed by atoms with Crippen LogP contribution in [0, 0.1) is 0 Å². The van der Waals surface area contributed by atoms with Crippen molar-refractivity contribution >= 4 is 12.0 Å². The molecule has 0 bridgehead atoms. The number of carbonyl (C=O) groups is 2. The smallest absolute Gasteiger partial charge is 0.317 e. The summed E-state index contributed by atoms with van der Waals surface area (Å²) in [6.07, 6.45) is 2.39. The summed E-state index contributed by atoms with van der Waals surface area (Å²) in [5.74, 6) is -0.857. The minimum atomic E-state index is -0.857. The Labute approximate surface area is 126 Å². The molecule has 1 aromatic rings. The summed E-state index contributed by atoms with van der Waals surface area (Å²) >= 11 is 0. The van der Waals surface area contributed by atoms with Gasteiger partial charge in [0.25, 0.3) is 0 Å². The van der Waals surface area contributed by atoms with Crippen LogP contribution in [0.4, 0.5) is 4.79 Å². The number of amides is 2. The molecule has 0 fully saturated rings. The molecule has 0 aromatic heterocycles. The summed E-state index contributed by atoms with van der Waals surface area (Å²) < 4.78 is 0. The molecule has 2 amide bonds. The third kappa shape index (κ3) is 6.29. The Morgan fingerprint density at radius 2 is 1.95 bits per heavy atom. The van der Waals surface area contributed by atoms with Crippen molar-refractivity contribution in [3.63, 3.8) is 0 Å². The second-order valence-electron chi connectivity index (χ2n) is 5.12. The van der Waals surface area contributed by atoms with Gasteiger partial charge in [0.2, 0.25) is 0 Å². The number of nitrogens with one attached hydrogen (secondary N) is 1. The predicted molar refractivity (Wildman–Crippen MR) is 82.1 cm³/mol. The van der Waals surface area contributed by atoms with E-state index in [4.69, 9.17) is 5.11 Å². The first-order valence-corrected chi connectivity index (χ1v) is 7.33. The van der Waals surface area contributed by atoms with E-state index in [-0.39, 0.29) is 18.5 Å². The predicted octanol–water partition coefficient (Wildman–Crippen LogP) is 3.03. The minimum absolute atomic E-state index is 0.0263. The van der Waals surface area contributed by atoms with Gasteiger partial charge in [-0.25, -0.2) is 4.79 Å². The number of benzene rings is 1. The monoisotopic (exact) mass is 292 g/mol. The third-order valence-electron chi connectivity index (χ3n) is 3.34. The van der Waals surface area contributed by atoms with Gasteiger partial charge in [-0.1, -0.05) is 43.7 Å². The molecule has 1 atom stereocenters. The van der Waals surface area contributed by atoms with E-state index in [1.54, 1.807) is 11.9 Å². The number of hydrogen-bond donors (Lipinski definition) is 2. The van der Waals surface area contributed by atoms with E-state index in [0.717, 1.165) is 18.4 Å². The summed E-state index contributed by atoms with van der Waals surface area (Å²) in [5, 5.41) is 11.8. The van der Waals surface area contributed by atoms with Gasteiger partial charge < -0.3 is 15.3 Å². The molecule has 1 rings (SSSR count). The number of nitrogens with zero attached hydrogens (tertiary/aromatic N) is 1. The molecule has 2 N–H and O–H groups in total. The number of urea groups is 1. The molecule has 0 saturated carbocycles. The molecule has 0 saturated heterocycles. The van der Waals surface area contributed by atoms with Gasteiger partial charge in [0.15, 0.2) is 0 Å². The van der Waals surface area contributed by atoms with Crippen LogP contribution in [0.3, 0.4) is 0 Å². The van der Waals surface area contributed by atoms with Crippen LogP contribution in [0.15, 0.2) is 30.3 Å². The van der Waals surface area contributed by atoms with Crippen molar-refractivity contribution in [1.82, 2.24) is 10.2 Å². The fourth-order valence-electron chi connectivity index (χ4n) is 2.03. The maximum Gasteiger partial charge on any atom is 0.317 e. The summed E-state index contributed by atoms with van der Waals surface area (Å²) in [7, 11) is 1.75. The zero-order valence-electron chi connectivity index (χ0n) is 12.7. The van der Waals surface area contributed by atoms with Crippen LogP contribution in [-0.2, 0) is 4.79 Å². The number of carbonyl (C=O) groups excluding carboxylic acids is 1. The Hall–Kier alpha value is -2.04. The van der Waals surface area contributed by atoms with Gasteiger partial charge in [-0.15, -0.1) is 0 Å². The third-order valence-corrected chi connectivity index (χ3v) is 3.34. The Morgan fingerprint density at radius 1 is 1.29 bits per heavy atom. The van der Waals surface area contributed by atoms with E-state index in [2.05, 4.69) is 12.2 Å². The standard InChI is InChI=1S/C16H24N2O3/c1-3-4-12-18(2)16(21)17-14(10-11-15(19)20)13-8-6-5-7-9-13/h5-9,14H,3-4,10-12H2,1-2H3,(H,17,21)(H,19,20). The van der Waals surface area contributed by atoms with Gasteiger partial charge in [0.05, 0.1) is 6.04 Å². The van der Waals surface area contributed by atoms with Gasteiger partial charge in [0, 0.05) is 20.0 Å². The van der Waals surface area contributed by atoms with Crippen LogP contribution < -0.4 is 5.32 Å². The molecule has 5 nitrogen and oxygen atoms in total. The fraction of sp³-hybridized carbons (Fsp3) is 0.500. The lowest BCUT2D eigenvalue weighted by Crippen LogP contribution is -2.40. The normalized spacial score (nSPS) is 11.7. The van der Waals surface area contributed by atoms with Crippen molar-refractivity contribution in [2.45, 2.75) is 38.6 Å². The van der Waals surface area contributed by atoms with Crippen LogP contribution in [0.25, 0.3) is 0 Å². The lowest BCUT2D eigenvalue weighted by atomic mass is 10.0. The topological polar surface area (TPSA) is 69.6 Å². The van der Waals surface area contributed by atoms with E-state index in [0.29, 0.717) is 13.0 Å². The molecule has 0 aliphatic rings. The number of unbranched alkanes of at least 4 members (excludes halogenated alkanes) is 1. The highest BCUT2D eigenvalue weighted by Gasteiger charge is 2.17. The van der Waals surface area contributed by atoms with Crippen molar-refractivity contribution in [3.8, 4) is 0 Å². The molecule has 0 aliphatic heterocycles. The molecule has 116 valence electrons. The lowest BCUT2D eigenvalue weighted by molar-refractivity contribution is -0.137. The molecule has 1 unspecified atom stereocenters. The van der Waals surface area contributed by atoms with Crippen LogP contribution >= 0.6 is 0 Å². The molecular formula is C16H24N2O3. The molecule has 0 radical (unpaired) electrons. The van der Waals surface area contributed by atoms with E-state index < -0.39 is 5.97 Å². The number of carboxylic acids is 1. The minimum Gasteiger partial charge on any atom is -0.481 e. The maximum absolute atomic E-state index is 12.1. The molecule has 0 spiro atoms. The SMILES string of the molecule is CCCCN(C)C(=O)NC(CCC(=O)O)c1ccccc1. The van der Waals surface area contributed by atoms with Crippen molar-refractivity contribution in [1.29, 1.82) is 0 Å². The summed E-state index contributed by atoms with van der Waals surface area (Å²) in [6.45, 7) is 2.77. The molecule has 5 heteroatoms. The highest BCUT2D eigenvalue weighted by atomic mass is 16.4. The van der Waals surface area contributed by atoms with Gasteiger partial charge in [-0.3, -0.25) is 4.79 Å². The number of hydrogen-bond acceptors (Lipinski definition) is 2. The zero-order valence-corrected chi connectivity index (χ0v) is 12.7. The number of aliphatic carboxylic acids is 1. The van der Waals surface area contributed by atoms with E-state index in [9.17, 15) is 9.59 Å². The Morgan fingerprint density at radius 3 is 2.52 bits per heavy atom. The van der Waals surface area contributed by atoms with Crippen LogP contribution in [0.2, 0.25) is 0 Å². The quantitative estimate of drug-likeness (QED) is 0.773. The zero-order chi connectivity index (χ0) is 15.7. The maximum atomic E-state index is 12.1. The van der Waals surface area contributed by atoms with E-state index in [1.165, 1.54) is 0 Å². The highest BCUT2D eigenvalue weighted by molar-refractivity contribution is 5.74. The molecular weight excluding hydrogens is 268 g/mol. The van der Waals surface area contributed by atoms with Crippen LogP contribution in [0.1, 0.15) is 44.2 Å². The fourth-order valence-corrected chi connectivity index (χ4v) is 2.03. The van der Waals surface area contributed by atoms with Crippen molar-refractivity contribution in [2.24, 2.45) is 0 Å². The Bertz CT molecular complexity index is 448. The average Bonchev–Trinajstić information content (AvgIpc) is 2.49. The molecule has 21 heavy (non-hydrogen) atoms. The first kappa shape index (κ1) is 17.0. The first-order valence-electron chi connectivity index (χ1n) is 7.33.